The van der Waals surface area contributed by atoms with Gasteiger partial charge in [0.25, 0.3) is 0 Å². The lowest BCUT2D eigenvalue weighted by atomic mass is 10.0. The van der Waals surface area contributed by atoms with Crippen LogP contribution in [0.4, 0.5) is 0 Å². The van der Waals surface area contributed by atoms with E-state index in [1.165, 1.54) is 6.42 Å². The number of hydrogen-bond acceptors (Lipinski definition) is 4. The summed E-state index contributed by atoms with van der Waals surface area (Å²) in [6.45, 7) is 7.57. The van der Waals surface area contributed by atoms with E-state index in [0.29, 0.717) is 18.2 Å². The Kier molecular flexibility index (Phi) is 4.74. The molecule has 3 unspecified atom stereocenters. The van der Waals surface area contributed by atoms with Gasteiger partial charge in [0, 0.05) is 18.4 Å². The number of ether oxygens (including phenoxy) is 1. The predicted octanol–water partition coefficient (Wildman–Crippen LogP) is 2.66. The molecule has 17 heavy (non-hydrogen) atoms. The zero-order valence-corrected chi connectivity index (χ0v) is 11.9. The summed E-state index contributed by atoms with van der Waals surface area (Å²) < 4.78 is 5.56. The Labute approximate surface area is 109 Å². The molecule has 0 radical (unpaired) electrons. The molecule has 0 saturated carbocycles. The van der Waals surface area contributed by atoms with E-state index in [1.54, 1.807) is 0 Å². The van der Waals surface area contributed by atoms with E-state index >= 15 is 0 Å². The summed E-state index contributed by atoms with van der Waals surface area (Å²) in [4.78, 5) is 4.78. The van der Waals surface area contributed by atoms with Crippen molar-refractivity contribution in [1.29, 1.82) is 0 Å². The van der Waals surface area contributed by atoms with E-state index in [1.807, 2.05) is 11.8 Å². The third kappa shape index (κ3) is 4.18. The molecule has 0 aliphatic carbocycles. The maximum atomic E-state index is 5.56. The van der Waals surface area contributed by atoms with Gasteiger partial charge in [0.2, 0.25) is 0 Å². The van der Waals surface area contributed by atoms with Crippen LogP contribution in [0.3, 0.4) is 0 Å². The average molecular weight is 256 g/mol. The van der Waals surface area contributed by atoms with Gasteiger partial charge in [-0.1, -0.05) is 25.6 Å². The molecule has 0 amide bonds. The first-order valence-electron chi connectivity index (χ1n) is 6.72. The molecule has 0 aromatic rings. The van der Waals surface area contributed by atoms with Gasteiger partial charge in [-0.15, -0.1) is 0 Å². The highest BCUT2D eigenvalue weighted by Crippen LogP contribution is 2.23. The molecule has 3 atom stereocenters. The first-order valence-corrected chi connectivity index (χ1v) is 7.70. The van der Waals surface area contributed by atoms with Crippen molar-refractivity contribution in [2.45, 2.75) is 58.2 Å². The normalized spacial score (nSPS) is 33.9. The maximum absolute atomic E-state index is 5.56. The molecular formula is C13H24N2OS. The fourth-order valence-corrected chi connectivity index (χ4v) is 3.50. The van der Waals surface area contributed by atoms with Gasteiger partial charge in [0.15, 0.2) is 5.17 Å². The molecule has 4 heteroatoms. The van der Waals surface area contributed by atoms with Crippen LogP contribution in [-0.4, -0.2) is 35.7 Å². The number of nitrogens with zero attached hydrogens (tertiary/aromatic N) is 1. The van der Waals surface area contributed by atoms with Crippen LogP contribution in [-0.2, 0) is 4.74 Å². The van der Waals surface area contributed by atoms with Crippen molar-refractivity contribution in [1.82, 2.24) is 5.32 Å². The predicted molar refractivity (Wildman–Crippen MR) is 74.7 cm³/mol. The van der Waals surface area contributed by atoms with Crippen LogP contribution in [0, 0.1) is 5.92 Å². The van der Waals surface area contributed by atoms with E-state index < -0.39 is 0 Å². The van der Waals surface area contributed by atoms with Crippen molar-refractivity contribution in [2.75, 3.05) is 12.4 Å². The number of nitrogens with one attached hydrogen (secondary N) is 1. The Balaban J connectivity index is 1.79. The third-order valence-corrected chi connectivity index (χ3v) is 4.32. The fourth-order valence-electron chi connectivity index (χ4n) is 2.46. The number of hydrogen-bond donors (Lipinski definition) is 1. The van der Waals surface area contributed by atoms with Gasteiger partial charge in [-0.25, -0.2) is 0 Å². The highest BCUT2D eigenvalue weighted by atomic mass is 32.2. The standard InChI is InChI=1S/C13H24N2OS/c1-9(2)6-12-8-17-13(15-12)14-11-4-5-16-10(3)7-11/h9-12H,4-8H2,1-3H3,(H,14,15). The van der Waals surface area contributed by atoms with Gasteiger partial charge < -0.3 is 10.1 Å². The smallest absolute Gasteiger partial charge is 0.157 e. The third-order valence-electron chi connectivity index (χ3n) is 3.27. The Morgan fingerprint density at radius 3 is 3.06 bits per heavy atom. The molecular weight excluding hydrogens is 232 g/mol. The molecule has 1 fully saturated rings. The van der Waals surface area contributed by atoms with Gasteiger partial charge >= 0.3 is 0 Å². The van der Waals surface area contributed by atoms with Crippen LogP contribution in [0.5, 0.6) is 0 Å². The number of aliphatic imine (C=N–C) groups is 1. The molecule has 3 nitrogen and oxygen atoms in total. The molecule has 0 spiro atoms. The van der Waals surface area contributed by atoms with E-state index in [4.69, 9.17) is 9.73 Å². The van der Waals surface area contributed by atoms with Crippen LogP contribution in [0.1, 0.15) is 40.0 Å². The summed E-state index contributed by atoms with van der Waals surface area (Å²) in [5.74, 6) is 1.89. The van der Waals surface area contributed by atoms with Crippen molar-refractivity contribution in [3.05, 3.63) is 0 Å². The summed E-state index contributed by atoms with van der Waals surface area (Å²) >= 11 is 1.89. The first-order chi connectivity index (χ1) is 8.13. The molecule has 1 saturated heterocycles. The first kappa shape index (κ1) is 13.2. The van der Waals surface area contributed by atoms with E-state index in [9.17, 15) is 0 Å². The van der Waals surface area contributed by atoms with Crippen molar-refractivity contribution in [3.8, 4) is 0 Å². The SMILES string of the molecule is CC(C)CC1CSC(NC2CCOC(C)C2)=N1. The van der Waals surface area contributed by atoms with Crippen LogP contribution in [0.25, 0.3) is 0 Å². The lowest BCUT2D eigenvalue weighted by Gasteiger charge is -2.28. The van der Waals surface area contributed by atoms with Crippen molar-refractivity contribution < 1.29 is 4.74 Å². The summed E-state index contributed by atoms with van der Waals surface area (Å²) in [6.07, 6.45) is 3.81. The average Bonchev–Trinajstić information content (AvgIpc) is 2.64. The second kappa shape index (κ2) is 6.10. The number of rotatable bonds is 3. The van der Waals surface area contributed by atoms with Crippen LogP contribution in [0.15, 0.2) is 4.99 Å². The summed E-state index contributed by atoms with van der Waals surface area (Å²) in [7, 11) is 0. The molecule has 2 rings (SSSR count). The van der Waals surface area contributed by atoms with Gasteiger partial charge in [0.05, 0.1) is 12.1 Å². The number of thioether (sulfide) groups is 1. The highest BCUT2D eigenvalue weighted by molar-refractivity contribution is 8.14. The summed E-state index contributed by atoms with van der Waals surface area (Å²) in [5, 5.41) is 4.75. The quantitative estimate of drug-likeness (QED) is 0.843. The Morgan fingerprint density at radius 2 is 2.35 bits per heavy atom. The Bertz CT molecular complexity index is 281. The van der Waals surface area contributed by atoms with E-state index in [0.717, 1.165) is 36.3 Å². The van der Waals surface area contributed by atoms with Crippen molar-refractivity contribution in [2.24, 2.45) is 10.9 Å². The lowest BCUT2D eigenvalue weighted by Crippen LogP contribution is -2.39. The van der Waals surface area contributed by atoms with Crippen LogP contribution < -0.4 is 5.32 Å². The van der Waals surface area contributed by atoms with Crippen LogP contribution in [0.2, 0.25) is 0 Å². The Morgan fingerprint density at radius 1 is 1.53 bits per heavy atom. The minimum absolute atomic E-state index is 0.389. The monoisotopic (exact) mass is 256 g/mol. The molecule has 2 heterocycles. The molecule has 98 valence electrons. The minimum atomic E-state index is 0.389. The fraction of sp³-hybridized carbons (Fsp3) is 0.923. The molecule has 1 N–H and O–H groups in total. The molecule has 2 aliphatic heterocycles. The largest absolute Gasteiger partial charge is 0.378 e. The zero-order chi connectivity index (χ0) is 12.3. The van der Waals surface area contributed by atoms with E-state index in [2.05, 4.69) is 26.1 Å². The van der Waals surface area contributed by atoms with Gasteiger partial charge in [-0.05, 0) is 32.1 Å². The molecule has 2 aliphatic rings. The minimum Gasteiger partial charge on any atom is -0.378 e. The van der Waals surface area contributed by atoms with Crippen LogP contribution >= 0.6 is 11.8 Å². The maximum Gasteiger partial charge on any atom is 0.157 e. The zero-order valence-electron chi connectivity index (χ0n) is 11.1. The van der Waals surface area contributed by atoms with E-state index in [-0.39, 0.29) is 0 Å². The van der Waals surface area contributed by atoms with Gasteiger partial charge in [0.1, 0.15) is 0 Å². The van der Waals surface area contributed by atoms with Crippen molar-refractivity contribution in [3.63, 3.8) is 0 Å². The van der Waals surface area contributed by atoms with Gasteiger partial charge in [-0.3, -0.25) is 4.99 Å². The molecule has 0 aromatic heterocycles. The lowest BCUT2D eigenvalue weighted by molar-refractivity contribution is 0.0168. The highest BCUT2D eigenvalue weighted by Gasteiger charge is 2.24. The van der Waals surface area contributed by atoms with Gasteiger partial charge in [-0.2, -0.15) is 0 Å². The molecule has 0 bridgehead atoms. The Hall–Kier alpha value is -0.220. The second-order valence-electron chi connectivity index (χ2n) is 5.58. The second-order valence-corrected chi connectivity index (χ2v) is 6.58. The topological polar surface area (TPSA) is 33.6 Å². The molecule has 0 aromatic carbocycles. The summed E-state index contributed by atoms with van der Waals surface area (Å²) in [6, 6.07) is 1.09. The van der Waals surface area contributed by atoms with Crippen molar-refractivity contribution >= 4 is 16.9 Å². The number of amidine groups is 1. The summed E-state index contributed by atoms with van der Waals surface area (Å²) in [5.41, 5.74) is 0.